The predicted octanol–water partition coefficient (Wildman–Crippen LogP) is 4.22. The van der Waals surface area contributed by atoms with E-state index in [-0.39, 0.29) is 12.5 Å². The van der Waals surface area contributed by atoms with Gasteiger partial charge in [0.15, 0.2) is 11.6 Å². The van der Waals surface area contributed by atoms with E-state index in [4.69, 9.17) is 4.52 Å². The van der Waals surface area contributed by atoms with Gasteiger partial charge in [-0.15, -0.1) is 0 Å². The third-order valence-corrected chi connectivity index (χ3v) is 4.82. The van der Waals surface area contributed by atoms with E-state index in [1.807, 2.05) is 13.0 Å². The number of carbonyl (C=O) groups excluding carboxylic acids is 1. The fraction of sp³-hybridized carbons (Fsp3) is 0.211. The number of pyridine rings is 1. The standard InChI is InChI=1S/C19H17F2N3O2S/c1-12-8-14(23-26-12)11-27-18-15(4-3-7-22-18)19(25)24(2)10-13-5-6-16(20)17(21)9-13/h3-9H,10-11H2,1-2H3. The maximum Gasteiger partial charge on any atom is 0.256 e. The topological polar surface area (TPSA) is 59.2 Å². The molecule has 0 aliphatic heterocycles. The van der Waals surface area contributed by atoms with Gasteiger partial charge in [0.2, 0.25) is 0 Å². The minimum atomic E-state index is -0.936. The summed E-state index contributed by atoms with van der Waals surface area (Å²) in [6.45, 7) is 1.96. The molecule has 0 atom stereocenters. The number of hydrogen-bond acceptors (Lipinski definition) is 5. The SMILES string of the molecule is Cc1cc(CSc2ncccc2C(=O)N(C)Cc2ccc(F)c(F)c2)no1. The van der Waals surface area contributed by atoms with E-state index in [9.17, 15) is 13.6 Å². The van der Waals surface area contributed by atoms with Crippen molar-refractivity contribution in [2.75, 3.05) is 7.05 Å². The molecule has 2 aromatic heterocycles. The molecule has 0 N–H and O–H groups in total. The van der Waals surface area contributed by atoms with Crippen molar-refractivity contribution in [3.05, 3.63) is 76.8 Å². The van der Waals surface area contributed by atoms with Crippen molar-refractivity contribution in [2.24, 2.45) is 0 Å². The first-order valence-electron chi connectivity index (χ1n) is 8.13. The lowest BCUT2D eigenvalue weighted by Gasteiger charge is -2.18. The minimum absolute atomic E-state index is 0.150. The van der Waals surface area contributed by atoms with Gasteiger partial charge in [0.05, 0.1) is 11.3 Å². The highest BCUT2D eigenvalue weighted by molar-refractivity contribution is 7.98. The number of rotatable bonds is 6. The molecule has 0 bridgehead atoms. The molecular weight excluding hydrogens is 372 g/mol. The van der Waals surface area contributed by atoms with Gasteiger partial charge in [-0.3, -0.25) is 4.79 Å². The molecule has 8 heteroatoms. The van der Waals surface area contributed by atoms with Gasteiger partial charge in [0, 0.05) is 31.6 Å². The Morgan fingerprint density at radius 3 is 2.74 bits per heavy atom. The second-order valence-corrected chi connectivity index (χ2v) is 6.95. The molecule has 0 saturated carbocycles. The highest BCUT2D eigenvalue weighted by Crippen LogP contribution is 2.25. The summed E-state index contributed by atoms with van der Waals surface area (Å²) in [5.74, 6) is -0.877. The first-order valence-corrected chi connectivity index (χ1v) is 9.12. The molecule has 5 nitrogen and oxygen atoms in total. The maximum absolute atomic E-state index is 13.4. The van der Waals surface area contributed by atoms with Crippen LogP contribution in [0.5, 0.6) is 0 Å². The van der Waals surface area contributed by atoms with Gasteiger partial charge in [0.25, 0.3) is 5.91 Å². The number of thioether (sulfide) groups is 1. The van der Waals surface area contributed by atoms with Crippen LogP contribution < -0.4 is 0 Å². The fourth-order valence-electron chi connectivity index (χ4n) is 2.49. The minimum Gasteiger partial charge on any atom is -0.361 e. The van der Waals surface area contributed by atoms with Crippen LogP contribution in [-0.4, -0.2) is 28.0 Å². The van der Waals surface area contributed by atoms with E-state index in [1.165, 1.54) is 22.7 Å². The summed E-state index contributed by atoms with van der Waals surface area (Å²) < 4.78 is 31.5. The van der Waals surface area contributed by atoms with E-state index in [2.05, 4.69) is 10.1 Å². The van der Waals surface area contributed by atoms with Crippen molar-refractivity contribution >= 4 is 17.7 Å². The fourth-order valence-corrected chi connectivity index (χ4v) is 3.35. The number of nitrogens with zero attached hydrogens (tertiary/aromatic N) is 3. The number of amides is 1. The van der Waals surface area contributed by atoms with Crippen molar-refractivity contribution in [1.29, 1.82) is 0 Å². The summed E-state index contributed by atoms with van der Waals surface area (Å²) in [4.78, 5) is 18.5. The highest BCUT2D eigenvalue weighted by Gasteiger charge is 2.18. The van der Waals surface area contributed by atoms with Crippen molar-refractivity contribution in [1.82, 2.24) is 15.0 Å². The molecular formula is C19H17F2N3O2S. The number of carbonyl (C=O) groups is 1. The van der Waals surface area contributed by atoms with Crippen molar-refractivity contribution in [3.8, 4) is 0 Å². The number of benzene rings is 1. The van der Waals surface area contributed by atoms with Crippen LogP contribution in [0.4, 0.5) is 8.78 Å². The summed E-state index contributed by atoms with van der Waals surface area (Å²) in [5.41, 5.74) is 1.70. The Morgan fingerprint density at radius 2 is 2.04 bits per heavy atom. The number of aryl methyl sites for hydroxylation is 1. The maximum atomic E-state index is 13.4. The Kier molecular flexibility index (Phi) is 5.85. The van der Waals surface area contributed by atoms with E-state index in [1.54, 1.807) is 25.4 Å². The Morgan fingerprint density at radius 1 is 1.22 bits per heavy atom. The monoisotopic (exact) mass is 389 g/mol. The lowest BCUT2D eigenvalue weighted by Crippen LogP contribution is -2.27. The van der Waals surface area contributed by atoms with Gasteiger partial charge in [-0.1, -0.05) is 23.0 Å². The van der Waals surface area contributed by atoms with Gasteiger partial charge in [-0.25, -0.2) is 13.8 Å². The normalized spacial score (nSPS) is 10.8. The van der Waals surface area contributed by atoms with Crippen molar-refractivity contribution in [2.45, 2.75) is 24.2 Å². The number of aromatic nitrogens is 2. The van der Waals surface area contributed by atoms with E-state index in [0.717, 1.165) is 17.8 Å². The molecule has 0 aliphatic carbocycles. The summed E-state index contributed by atoms with van der Waals surface area (Å²) in [6, 6.07) is 8.79. The van der Waals surface area contributed by atoms with E-state index < -0.39 is 11.6 Å². The lowest BCUT2D eigenvalue weighted by atomic mass is 10.2. The molecule has 3 aromatic rings. The number of halogens is 2. The summed E-state index contributed by atoms with van der Waals surface area (Å²) in [5, 5.41) is 4.50. The second kappa shape index (κ2) is 8.30. The third-order valence-electron chi connectivity index (χ3n) is 3.79. The first-order chi connectivity index (χ1) is 12.9. The van der Waals surface area contributed by atoms with E-state index in [0.29, 0.717) is 27.7 Å². The molecule has 0 saturated heterocycles. The molecule has 0 spiro atoms. The molecule has 0 radical (unpaired) electrons. The smallest absolute Gasteiger partial charge is 0.256 e. The van der Waals surface area contributed by atoms with Gasteiger partial charge in [-0.2, -0.15) is 0 Å². The molecule has 1 amide bonds. The van der Waals surface area contributed by atoms with Crippen LogP contribution in [-0.2, 0) is 12.3 Å². The Balaban J connectivity index is 1.72. The third kappa shape index (κ3) is 4.71. The first kappa shape index (κ1) is 19.0. The zero-order valence-corrected chi connectivity index (χ0v) is 15.6. The van der Waals surface area contributed by atoms with Gasteiger partial charge >= 0.3 is 0 Å². The molecule has 2 heterocycles. The van der Waals surface area contributed by atoms with Gasteiger partial charge in [-0.05, 0) is 36.8 Å². The van der Waals surface area contributed by atoms with Gasteiger partial charge < -0.3 is 9.42 Å². The molecule has 140 valence electrons. The average molecular weight is 389 g/mol. The summed E-state index contributed by atoms with van der Waals surface area (Å²) in [7, 11) is 1.60. The van der Waals surface area contributed by atoms with E-state index >= 15 is 0 Å². The lowest BCUT2D eigenvalue weighted by molar-refractivity contribution is 0.0780. The van der Waals surface area contributed by atoms with Gasteiger partial charge in [0.1, 0.15) is 10.8 Å². The highest BCUT2D eigenvalue weighted by atomic mass is 32.2. The van der Waals surface area contributed by atoms with Crippen molar-refractivity contribution in [3.63, 3.8) is 0 Å². The Labute approximate surface area is 159 Å². The summed E-state index contributed by atoms with van der Waals surface area (Å²) in [6.07, 6.45) is 1.61. The van der Waals surface area contributed by atoms with Crippen LogP contribution in [0, 0.1) is 18.6 Å². The van der Waals surface area contributed by atoms with Crippen LogP contribution >= 0.6 is 11.8 Å². The Hall–Kier alpha value is -2.74. The quantitative estimate of drug-likeness (QED) is 0.591. The molecule has 0 fully saturated rings. The second-order valence-electron chi connectivity index (χ2n) is 5.98. The molecule has 1 aromatic carbocycles. The zero-order valence-electron chi connectivity index (χ0n) is 14.8. The van der Waals surface area contributed by atoms with Crippen LogP contribution in [0.15, 0.2) is 52.1 Å². The van der Waals surface area contributed by atoms with Crippen molar-refractivity contribution < 1.29 is 18.1 Å². The van der Waals surface area contributed by atoms with Crippen LogP contribution in [0.2, 0.25) is 0 Å². The number of hydrogen-bond donors (Lipinski definition) is 0. The van der Waals surface area contributed by atoms with Crippen LogP contribution in [0.1, 0.15) is 27.4 Å². The molecule has 3 rings (SSSR count). The zero-order chi connectivity index (χ0) is 19.4. The summed E-state index contributed by atoms with van der Waals surface area (Å²) >= 11 is 1.38. The predicted molar refractivity (Wildman–Crippen MR) is 97.2 cm³/mol. The molecule has 0 unspecified atom stereocenters. The van der Waals surface area contributed by atoms with Crippen LogP contribution in [0.3, 0.4) is 0 Å². The Bertz CT molecular complexity index is 962. The average Bonchev–Trinajstić information content (AvgIpc) is 3.08. The largest absolute Gasteiger partial charge is 0.361 e. The molecule has 27 heavy (non-hydrogen) atoms. The van der Waals surface area contributed by atoms with Crippen LogP contribution in [0.25, 0.3) is 0 Å². The molecule has 0 aliphatic rings.